The highest BCUT2D eigenvalue weighted by atomic mass is 16.5. The highest BCUT2D eigenvalue weighted by Crippen LogP contribution is 2.23. The molecule has 6 heteroatoms. The van der Waals surface area contributed by atoms with Crippen LogP contribution < -0.4 is 10.1 Å². The van der Waals surface area contributed by atoms with Gasteiger partial charge < -0.3 is 14.5 Å². The van der Waals surface area contributed by atoms with E-state index in [4.69, 9.17) is 9.15 Å². The first-order valence-corrected chi connectivity index (χ1v) is 9.37. The fourth-order valence-electron chi connectivity index (χ4n) is 2.83. The first-order chi connectivity index (χ1) is 14.7. The molecule has 148 valence electrons. The molecule has 0 aliphatic rings. The fraction of sp³-hybridized carbons (Fsp3) is 0.0417. The topological polar surface area (TPSA) is 77.3 Å². The van der Waals surface area contributed by atoms with Gasteiger partial charge in [-0.05, 0) is 49.4 Å². The second-order valence-corrected chi connectivity index (χ2v) is 6.47. The number of esters is 1. The molecule has 0 saturated heterocycles. The molecule has 0 unspecified atom stereocenters. The maximum atomic E-state index is 11.9. The van der Waals surface area contributed by atoms with Gasteiger partial charge in [-0.15, -0.1) is 0 Å². The lowest BCUT2D eigenvalue weighted by Gasteiger charge is -2.09. The molecule has 1 N–H and O–H groups in total. The largest absolute Gasteiger partial charge is 0.465 e. The van der Waals surface area contributed by atoms with Gasteiger partial charge >= 0.3 is 5.97 Å². The third-order valence-electron chi connectivity index (χ3n) is 4.18. The van der Waals surface area contributed by atoms with Crippen molar-refractivity contribution in [3.05, 3.63) is 96.7 Å². The van der Waals surface area contributed by atoms with E-state index in [-0.39, 0.29) is 0 Å². The summed E-state index contributed by atoms with van der Waals surface area (Å²) in [4.78, 5) is 20.9. The second kappa shape index (κ2) is 8.87. The van der Waals surface area contributed by atoms with Crippen molar-refractivity contribution >= 4 is 23.6 Å². The number of nitrogens with one attached hydrogen (secondary N) is 1. The molecule has 0 saturated carbocycles. The van der Waals surface area contributed by atoms with Gasteiger partial charge in [0, 0.05) is 23.4 Å². The maximum Gasteiger partial charge on any atom is 0.336 e. The normalized spacial score (nSPS) is 10.8. The summed E-state index contributed by atoms with van der Waals surface area (Å²) in [5, 5.41) is 3.26. The lowest BCUT2D eigenvalue weighted by Crippen LogP contribution is -2.03. The number of nitrogens with zero attached hydrogens (tertiary/aromatic N) is 2. The summed E-state index contributed by atoms with van der Waals surface area (Å²) in [6.07, 6.45) is 4.42. The van der Waals surface area contributed by atoms with Gasteiger partial charge in [-0.1, -0.05) is 30.3 Å². The summed E-state index contributed by atoms with van der Waals surface area (Å²) >= 11 is 0. The Hall–Kier alpha value is -4.19. The number of ether oxygens (including phenoxy) is 1. The van der Waals surface area contributed by atoms with Crippen LogP contribution in [0.5, 0.6) is 5.75 Å². The Kier molecular flexibility index (Phi) is 5.66. The molecular formula is C24H19N3O3. The molecule has 0 spiro atoms. The van der Waals surface area contributed by atoms with E-state index in [1.165, 1.54) is 6.08 Å². The third kappa shape index (κ3) is 4.99. The molecular weight excluding hydrogens is 378 g/mol. The molecule has 0 radical (unpaired) electrons. The number of carbonyl (C=O) groups is 1. The van der Waals surface area contributed by atoms with Gasteiger partial charge in [-0.3, -0.25) is 0 Å². The molecule has 0 atom stereocenters. The number of hydrogen-bond donors (Lipinski definition) is 1. The zero-order valence-corrected chi connectivity index (χ0v) is 16.3. The Morgan fingerprint density at radius 3 is 2.53 bits per heavy atom. The van der Waals surface area contributed by atoms with E-state index in [0.717, 1.165) is 16.9 Å². The summed E-state index contributed by atoms with van der Waals surface area (Å²) < 4.78 is 10.4. The van der Waals surface area contributed by atoms with E-state index in [0.29, 0.717) is 23.2 Å². The van der Waals surface area contributed by atoms with E-state index >= 15 is 0 Å². The predicted octanol–water partition coefficient (Wildman–Crippen LogP) is 5.41. The fourth-order valence-corrected chi connectivity index (χ4v) is 2.83. The molecule has 0 fully saturated rings. The molecule has 2 aromatic heterocycles. The molecule has 0 bridgehead atoms. The lowest BCUT2D eigenvalue weighted by molar-refractivity contribution is -0.128. The number of furan rings is 1. The van der Waals surface area contributed by atoms with Crippen molar-refractivity contribution in [2.75, 3.05) is 5.32 Å². The highest BCUT2D eigenvalue weighted by molar-refractivity contribution is 5.88. The monoisotopic (exact) mass is 397 g/mol. The number of aromatic nitrogens is 2. The molecule has 0 aliphatic heterocycles. The van der Waals surface area contributed by atoms with Gasteiger partial charge in [0.25, 0.3) is 0 Å². The van der Waals surface area contributed by atoms with Crippen LogP contribution in [0.15, 0.2) is 89.6 Å². The summed E-state index contributed by atoms with van der Waals surface area (Å²) in [5.41, 5.74) is 2.69. The second-order valence-electron chi connectivity index (χ2n) is 6.47. The van der Waals surface area contributed by atoms with Crippen LogP contribution in [0, 0.1) is 6.92 Å². The first kappa shape index (κ1) is 19.1. The Morgan fingerprint density at radius 2 is 1.80 bits per heavy atom. The Morgan fingerprint density at radius 1 is 1.00 bits per heavy atom. The van der Waals surface area contributed by atoms with E-state index in [2.05, 4.69) is 15.3 Å². The minimum Gasteiger partial charge on any atom is -0.465 e. The van der Waals surface area contributed by atoms with Crippen molar-refractivity contribution in [2.45, 2.75) is 6.92 Å². The van der Waals surface area contributed by atoms with Crippen LogP contribution in [0.1, 0.15) is 11.6 Å². The molecule has 2 heterocycles. The van der Waals surface area contributed by atoms with E-state index in [1.54, 1.807) is 36.6 Å². The van der Waals surface area contributed by atoms with Gasteiger partial charge in [-0.25, -0.2) is 14.8 Å². The number of rotatable bonds is 6. The van der Waals surface area contributed by atoms with Gasteiger partial charge in [0.2, 0.25) is 0 Å². The minimum absolute atomic E-state index is 0.443. The Balaban J connectivity index is 1.42. The first-order valence-electron chi connectivity index (χ1n) is 9.37. The van der Waals surface area contributed by atoms with Crippen molar-refractivity contribution < 1.29 is 13.9 Å². The molecule has 30 heavy (non-hydrogen) atoms. The zero-order chi connectivity index (χ0) is 20.8. The van der Waals surface area contributed by atoms with Crippen LogP contribution in [0.3, 0.4) is 0 Å². The molecule has 2 aromatic carbocycles. The summed E-state index contributed by atoms with van der Waals surface area (Å²) in [6.45, 7) is 1.86. The molecule has 4 aromatic rings. The Labute approximate surface area is 173 Å². The van der Waals surface area contributed by atoms with Crippen LogP contribution in [0.2, 0.25) is 0 Å². The average Bonchev–Trinajstić information content (AvgIpc) is 3.28. The molecule has 4 rings (SSSR count). The lowest BCUT2D eigenvalue weighted by atomic mass is 10.1. The van der Waals surface area contributed by atoms with E-state index in [1.807, 2.05) is 55.5 Å². The van der Waals surface area contributed by atoms with Crippen LogP contribution >= 0.6 is 0 Å². The van der Waals surface area contributed by atoms with Gasteiger partial charge in [0.15, 0.2) is 0 Å². The zero-order valence-electron chi connectivity index (χ0n) is 16.3. The number of aryl methyl sites for hydroxylation is 1. The van der Waals surface area contributed by atoms with E-state index in [9.17, 15) is 4.79 Å². The quantitative estimate of drug-likeness (QED) is 0.266. The van der Waals surface area contributed by atoms with Gasteiger partial charge in [0.1, 0.15) is 23.2 Å². The summed E-state index contributed by atoms with van der Waals surface area (Å²) in [6, 6.07) is 22.4. The van der Waals surface area contributed by atoms with Crippen molar-refractivity contribution in [1.29, 1.82) is 0 Å². The van der Waals surface area contributed by atoms with E-state index < -0.39 is 5.97 Å². The summed E-state index contributed by atoms with van der Waals surface area (Å²) in [5.74, 6) is 1.91. The van der Waals surface area contributed by atoms with Gasteiger partial charge in [0.05, 0.1) is 12.0 Å². The van der Waals surface area contributed by atoms with Crippen LogP contribution in [-0.2, 0) is 4.79 Å². The number of carbonyl (C=O) groups excluding carboxylic acids is 1. The predicted molar refractivity (Wildman–Crippen MR) is 115 cm³/mol. The van der Waals surface area contributed by atoms with Crippen LogP contribution in [0.4, 0.5) is 11.5 Å². The number of hydrogen-bond acceptors (Lipinski definition) is 6. The van der Waals surface area contributed by atoms with Crippen molar-refractivity contribution in [3.63, 3.8) is 0 Å². The van der Waals surface area contributed by atoms with Gasteiger partial charge in [-0.2, -0.15) is 0 Å². The van der Waals surface area contributed by atoms with Crippen LogP contribution in [0.25, 0.3) is 17.3 Å². The standard InChI is InChI=1S/C24H19N3O3/c1-17-25-22(18-6-3-2-4-7-18)16-23(26-17)27-19-9-11-21(12-10-19)30-24(28)14-13-20-8-5-15-29-20/h2-16H,1H3,(H,25,26,27)/b14-13+. The Bertz CT molecular complexity index is 1150. The highest BCUT2D eigenvalue weighted by Gasteiger charge is 2.06. The number of benzene rings is 2. The SMILES string of the molecule is Cc1nc(Nc2ccc(OC(=O)/C=C/c3ccco3)cc2)cc(-c2ccccc2)n1. The third-order valence-corrected chi connectivity index (χ3v) is 4.18. The molecule has 0 aliphatic carbocycles. The smallest absolute Gasteiger partial charge is 0.336 e. The van der Waals surface area contributed by atoms with Crippen molar-refractivity contribution in [3.8, 4) is 17.0 Å². The molecule has 6 nitrogen and oxygen atoms in total. The van der Waals surface area contributed by atoms with Crippen LogP contribution in [-0.4, -0.2) is 15.9 Å². The maximum absolute atomic E-state index is 11.9. The van der Waals surface area contributed by atoms with Crippen molar-refractivity contribution in [1.82, 2.24) is 9.97 Å². The van der Waals surface area contributed by atoms with Crippen molar-refractivity contribution in [2.24, 2.45) is 0 Å². The molecule has 0 amide bonds. The minimum atomic E-state index is -0.481. The summed E-state index contributed by atoms with van der Waals surface area (Å²) in [7, 11) is 0. The number of anilines is 2. The average molecular weight is 397 g/mol.